The van der Waals surface area contributed by atoms with Gasteiger partial charge in [-0.1, -0.05) is 33.3 Å². The van der Waals surface area contributed by atoms with Crippen molar-refractivity contribution >= 4 is 0 Å². The van der Waals surface area contributed by atoms with Gasteiger partial charge in [0.15, 0.2) is 11.5 Å². The Morgan fingerprint density at radius 2 is 1.71 bits per heavy atom. The van der Waals surface area contributed by atoms with Crippen molar-refractivity contribution in [2.24, 2.45) is 0 Å². The third-order valence-electron chi connectivity index (χ3n) is 1.86. The number of benzene rings is 1. The van der Waals surface area contributed by atoms with Gasteiger partial charge in [-0.2, -0.15) is 0 Å². The van der Waals surface area contributed by atoms with Crippen molar-refractivity contribution in [3.8, 4) is 11.5 Å². The number of hydrogen-bond donors (Lipinski definition) is 2. The highest BCUT2D eigenvalue weighted by atomic mass is 16.3. The first-order chi connectivity index (χ1) is 6.74. The summed E-state index contributed by atoms with van der Waals surface area (Å²) in [5, 5.41) is 18.2. The molecule has 0 aliphatic heterocycles. The lowest BCUT2D eigenvalue weighted by Crippen LogP contribution is -1.83. The van der Waals surface area contributed by atoms with E-state index in [9.17, 15) is 0 Å². The number of phenolic OH excluding ortho intramolecular Hbond substituents is 2. The zero-order valence-electron chi connectivity index (χ0n) is 9.25. The van der Waals surface area contributed by atoms with Gasteiger partial charge >= 0.3 is 0 Å². The molecule has 1 aromatic rings. The van der Waals surface area contributed by atoms with Crippen molar-refractivity contribution in [3.63, 3.8) is 0 Å². The van der Waals surface area contributed by atoms with E-state index in [-0.39, 0.29) is 11.5 Å². The molecule has 2 nitrogen and oxygen atoms in total. The first-order valence-electron chi connectivity index (χ1n) is 5.25. The predicted molar refractivity (Wildman–Crippen MR) is 59.7 cm³/mol. The van der Waals surface area contributed by atoms with Gasteiger partial charge in [-0.05, 0) is 30.5 Å². The third kappa shape index (κ3) is 4.17. The average Bonchev–Trinajstić information content (AvgIpc) is 2.23. The molecule has 0 spiro atoms. The van der Waals surface area contributed by atoms with E-state index in [2.05, 4.69) is 6.92 Å². The van der Waals surface area contributed by atoms with Gasteiger partial charge in [0.1, 0.15) is 0 Å². The fourth-order valence-corrected chi connectivity index (χ4v) is 1.11. The van der Waals surface area contributed by atoms with Crippen molar-refractivity contribution in [1.82, 2.24) is 0 Å². The minimum absolute atomic E-state index is 0.0244. The molecule has 80 valence electrons. The summed E-state index contributed by atoms with van der Waals surface area (Å²) in [5.41, 5.74) is 1.08. The number of aromatic hydroxyl groups is 2. The van der Waals surface area contributed by atoms with Crippen LogP contribution in [0.1, 0.15) is 39.2 Å². The first kappa shape index (κ1) is 12.8. The smallest absolute Gasteiger partial charge is 0.157 e. The van der Waals surface area contributed by atoms with Crippen LogP contribution in [0, 0.1) is 0 Å². The van der Waals surface area contributed by atoms with Crippen molar-refractivity contribution in [3.05, 3.63) is 23.8 Å². The van der Waals surface area contributed by atoms with Crippen LogP contribution in [0.25, 0.3) is 0 Å². The Kier molecular flexibility index (Phi) is 6.63. The molecule has 0 fully saturated rings. The van der Waals surface area contributed by atoms with E-state index in [0.29, 0.717) is 0 Å². The van der Waals surface area contributed by atoms with Crippen LogP contribution in [0.2, 0.25) is 0 Å². The lowest BCUT2D eigenvalue weighted by molar-refractivity contribution is 0.403. The molecule has 0 unspecified atom stereocenters. The van der Waals surface area contributed by atoms with Crippen LogP contribution in [-0.4, -0.2) is 10.2 Å². The standard InChI is InChI=1S/C10H14O2.C2H6/c1-2-3-4-8-5-6-9(11)10(12)7-8;1-2/h5-7,11-12H,2-4H2,1H3;1-2H3. The molecule has 0 aliphatic rings. The zero-order valence-corrected chi connectivity index (χ0v) is 9.25. The van der Waals surface area contributed by atoms with E-state index in [1.54, 1.807) is 6.07 Å². The highest BCUT2D eigenvalue weighted by Crippen LogP contribution is 2.25. The SMILES string of the molecule is CC.CCCCc1ccc(O)c(O)c1. The Balaban J connectivity index is 0.000000791. The molecular weight excluding hydrogens is 176 g/mol. The largest absolute Gasteiger partial charge is 0.504 e. The second kappa shape index (κ2) is 7.25. The molecule has 0 saturated carbocycles. The summed E-state index contributed by atoms with van der Waals surface area (Å²) in [4.78, 5) is 0. The van der Waals surface area contributed by atoms with E-state index < -0.39 is 0 Å². The molecule has 0 aromatic heterocycles. The van der Waals surface area contributed by atoms with Crippen LogP contribution in [0.5, 0.6) is 11.5 Å². The van der Waals surface area contributed by atoms with E-state index in [0.717, 1.165) is 24.8 Å². The molecule has 0 heterocycles. The summed E-state index contributed by atoms with van der Waals surface area (Å²) in [7, 11) is 0. The molecule has 1 rings (SSSR count). The molecule has 2 N–H and O–H groups in total. The fourth-order valence-electron chi connectivity index (χ4n) is 1.11. The molecule has 2 heteroatoms. The minimum atomic E-state index is -0.0461. The van der Waals surface area contributed by atoms with Gasteiger partial charge in [-0.15, -0.1) is 0 Å². The van der Waals surface area contributed by atoms with Crippen LogP contribution in [-0.2, 0) is 6.42 Å². The summed E-state index contributed by atoms with van der Waals surface area (Å²) >= 11 is 0. The molecule has 0 bridgehead atoms. The summed E-state index contributed by atoms with van der Waals surface area (Å²) in [6.07, 6.45) is 3.22. The number of phenols is 2. The maximum absolute atomic E-state index is 9.15. The first-order valence-corrected chi connectivity index (χ1v) is 5.25. The predicted octanol–water partition coefficient (Wildman–Crippen LogP) is 3.47. The van der Waals surface area contributed by atoms with Crippen molar-refractivity contribution < 1.29 is 10.2 Å². The Bertz CT molecular complexity index is 256. The monoisotopic (exact) mass is 196 g/mol. The van der Waals surface area contributed by atoms with Crippen LogP contribution < -0.4 is 0 Å². The van der Waals surface area contributed by atoms with E-state index >= 15 is 0 Å². The molecule has 0 saturated heterocycles. The molecule has 1 aromatic carbocycles. The van der Waals surface area contributed by atoms with Gasteiger partial charge in [0.05, 0.1) is 0 Å². The van der Waals surface area contributed by atoms with Crippen molar-refractivity contribution in [1.29, 1.82) is 0 Å². The maximum atomic E-state index is 9.15. The van der Waals surface area contributed by atoms with Crippen LogP contribution in [0.3, 0.4) is 0 Å². The Morgan fingerprint density at radius 3 is 2.21 bits per heavy atom. The fraction of sp³-hybridized carbons (Fsp3) is 0.500. The second-order valence-corrected chi connectivity index (χ2v) is 2.93. The second-order valence-electron chi connectivity index (χ2n) is 2.93. The number of rotatable bonds is 3. The van der Waals surface area contributed by atoms with E-state index in [1.807, 2.05) is 19.9 Å². The van der Waals surface area contributed by atoms with Gasteiger partial charge in [0, 0.05) is 0 Å². The molecule has 0 amide bonds. The lowest BCUT2D eigenvalue weighted by Gasteiger charge is -2.01. The Hall–Kier alpha value is -1.18. The van der Waals surface area contributed by atoms with Crippen LogP contribution in [0.4, 0.5) is 0 Å². The molecular formula is C12H20O2. The molecule has 14 heavy (non-hydrogen) atoms. The summed E-state index contributed by atoms with van der Waals surface area (Å²) in [5.74, 6) is -0.0705. The zero-order chi connectivity index (χ0) is 11.0. The average molecular weight is 196 g/mol. The maximum Gasteiger partial charge on any atom is 0.157 e. The van der Waals surface area contributed by atoms with E-state index in [1.165, 1.54) is 6.07 Å². The van der Waals surface area contributed by atoms with Gasteiger partial charge < -0.3 is 10.2 Å². The molecule has 0 aliphatic carbocycles. The van der Waals surface area contributed by atoms with Gasteiger partial charge in [0.25, 0.3) is 0 Å². The summed E-state index contributed by atoms with van der Waals surface area (Å²) in [6, 6.07) is 4.98. The topological polar surface area (TPSA) is 40.5 Å². The van der Waals surface area contributed by atoms with Gasteiger partial charge in [-0.3, -0.25) is 0 Å². The van der Waals surface area contributed by atoms with Gasteiger partial charge in [0.2, 0.25) is 0 Å². The van der Waals surface area contributed by atoms with Crippen molar-refractivity contribution in [2.75, 3.05) is 0 Å². The normalized spacial score (nSPS) is 9.07. The number of aryl methyl sites for hydroxylation is 1. The number of hydrogen-bond acceptors (Lipinski definition) is 2. The summed E-state index contributed by atoms with van der Waals surface area (Å²) in [6.45, 7) is 6.13. The third-order valence-corrected chi connectivity index (χ3v) is 1.86. The Morgan fingerprint density at radius 1 is 1.07 bits per heavy atom. The molecule has 0 radical (unpaired) electrons. The molecule has 0 atom stereocenters. The lowest BCUT2D eigenvalue weighted by atomic mass is 10.1. The highest BCUT2D eigenvalue weighted by Gasteiger charge is 1.99. The van der Waals surface area contributed by atoms with Gasteiger partial charge in [-0.25, -0.2) is 0 Å². The van der Waals surface area contributed by atoms with Crippen molar-refractivity contribution in [2.45, 2.75) is 40.0 Å². The van der Waals surface area contributed by atoms with E-state index in [4.69, 9.17) is 10.2 Å². The Labute approximate surface area is 86.2 Å². The number of unbranched alkanes of at least 4 members (excludes halogenated alkanes) is 1. The van der Waals surface area contributed by atoms with Crippen LogP contribution in [0.15, 0.2) is 18.2 Å². The van der Waals surface area contributed by atoms with Crippen LogP contribution >= 0.6 is 0 Å². The minimum Gasteiger partial charge on any atom is -0.504 e. The quantitative estimate of drug-likeness (QED) is 0.727. The highest BCUT2D eigenvalue weighted by molar-refractivity contribution is 5.40. The summed E-state index contributed by atoms with van der Waals surface area (Å²) < 4.78 is 0.